The topological polar surface area (TPSA) is 93.9 Å². The van der Waals surface area contributed by atoms with Crippen LogP contribution in [-0.4, -0.2) is 21.4 Å². The molecule has 1 fully saturated rings. The van der Waals surface area contributed by atoms with E-state index in [0.717, 1.165) is 42.9 Å². The Kier molecular flexibility index (Phi) is 4.25. The predicted molar refractivity (Wildman–Crippen MR) is 106 cm³/mol. The van der Waals surface area contributed by atoms with Gasteiger partial charge in [0.15, 0.2) is 5.82 Å². The van der Waals surface area contributed by atoms with Gasteiger partial charge in [-0.25, -0.2) is 9.66 Å². The maximum atomic E-state index is 6.85. The first-order valence-electron chi connectivity index (χ1n) is 9.38. The van der Waals surface area contributed by atoms with Crippen LogP contribution in [0.15, 0.2) is 36.7 Å². The van der Waals surface area contributed by atoms with Crippen molar-refractivity contribution in [3.63, 3.8) is 0 Å². The van der Waals surface area contributed by atoms with E-state index >= 15 is 0 Å². The number of benzene rings is 1. The lowest BCUT2D eigenvalue weighted by molar-refractivity contribution is 0.239. The fourth-order valence-electron chi connectivity index (χ4n) is 4.05. The van der Waals surface area contributed by atoms with Crippen molar-refractivity contribution in [3.8, 4) is 0 Å². The van der Waals surface area contributed by atoms with Crippen LogP contribution < -0.4 is 22.2 Å². The molecule has 0 saturated heterocycles. The molecule has 4 rings (SSSR count). The first kappa shape index (κ1) is 17.1. The number of nitrogens with one attached hydrogen (secondary N) is 2. The highest BCUT2D eigenvalue weighted by Gasteiger charge is 2.39. The van der Waals surface area contributed by atoms with Crippen LogP contribution in [0.25, 0.3) is 5.70 Å². The van der Waals surface area contributed by atoms with Crippen LogP contribution in [0.1, 0.15) is 42.6 Å². The second-order valence-electron chi connectivity index (χ2n) is 7.78. The van der Waals surface area contributed by atoms with Gasteiger partial charge in [0.05, 0.1) is 5.70 Å². The van der Waals surface area contributed by atoms with Gasteiger partial charge in [-0.1, -0.05) is 12.1 Å². The molecule has 2 aliphatic rings. The molecule has 1 saturated carbocycles. The number of anilines is 1. The molecule has 138 valence electrons. The average molecular weight is 352 g/mol. The van der Waals surface area contributed by atoms with E-state index in [9.17, 15) is 0 Å². The predicted octanol–water partition coefficient (Wildman–Crippen LogP) is 2.68. The SMILES string of the molecule is Cc1ccc(C)c(NC2=CC(N)(C3CCC(N)CC3)Nn3ccnc32)c1. The fraction of sp³-hybridized carbons (Fsp3) is 0.450. The number of imidazole rings is 1. The van der Waals surface area contributed by atoms with E-state index < -0.39 is 5.66 Å². The van der Waals surface area contributed by atoms with Crippen LogP contribution in [0.5, 0.6) is 0 Å². The van der Waals surface area contributed by atoms with Crippen LogP contribution in [0.2, 0.25) is 0 Å². The molecular weight excluding hydrogens is 324 g/mol. The quantitative estimate of drug-likeness (QED) is 0.681. The number of aryl methyl sites for hydroxylation is 2. The zero-order chi connectivity index (χ0) is 18.3. The van der Waals surface area contributed by atoms with Crippen LogP contribution in [0, 0.1) is 19.8 Å². The largest absolute Gasteiger partial charge is 0.352 e. The summed E-state index contributed by atoms with van der Waals surface area (Å²) in [6, 6.07) is 6.71. The molecule has 1 unspecified atom stereocenters. The number of rotatable bonds is 3. The first-order chi connectivity index (χ1) is 12.4. The van der Waals surface area contributed by atoms with Crippen molar-refractivity contribution in [3.05, 3.63) is 53.6 Å². The van der Waals surface area contributed by atoms with E-state index in [0.29, 0.717) is 12.0 Å². The van der Waals surface area contributed by atoms with Gasteiger partial charge in [0.2, 0.25) is 0 Å². The molecule has 26 heavy (non-hydrogen) atoms. The summed E-state index contributed by atoms with van der Waals surface area (Å²) >= 11 is 0. The Balaban J connectivity index is 1.68. The molecule has 6 nitrogen and oxygen atoms in total. The summed E-state index contributed by atoms with van der Waals surface area (Å²) in [6.07, 6.45) is 9.93. The molecule has 0 amide bonds. The number of nitrogens with two attached hydrogens (primary N) is 2. The van der Waals surface area contributed by atoms with Gasteiger partial charge in [-0.3, -0.25) is 0 Å². The van der Waals surface area contributed by atoms with Gasteiger partial charge >= 0.3 is 0 Å². The van der Waals surface area contributed by atoms with Crippen molar-refractivity contribution in [1.29, 1.82) is 0 Å². The van der Waals surface area contributed by atoms with Crippen LogP contribution >= 0.6 is 0 Å². The Morgan fingerprint density at radius 2 is 2.00 bits per heavy atom. The third kappa shape index (κ3) is 3.10. The minimum atomic E-state index is -0.617. The first-order valence-corrected chi connectivity index (χ1v) is 9.38. The molecule has 0 bridgehead atoms. The standard InChI is InChI=1S/C20H28N6/c1-13-3-4-14(2)17(11-13)24-18-12-20(22,15-5-7-16(21)8-6-15)25-26-10-9-23-19(18)26/h3-4,9-12,15-16,24-25H,5-8,21-22H2,1-2H3. The molecule has 1 aromatic carbocycles. The lowest BCUT2D eigenvalue weighted by Crippen LogP contribution is -2.58. The molecular formula is C20H28N6. The number of hydrogen-bond donors (Lipinski definition) is 4. The third-order valence-electron chi connectivity index (χ3n) is 5.69. The zero-order valence-corrected chi connectivity index (χ0v) is 15.5. The molecule has 2 heterocycles. The number of hydrogen-bond acceptors (Lipinski definition) is 5. The van der Waals surface area contributed by atoms with Crippen LogP contribution in [0.3, 0.4) is 0 Å². The van der Waals surface area contributed by atoms with Gasteiger partial charge in [0.25, 0.3) is 0 Å². The summed E-state index contributed by atoms with van der Waals surface area (Å²) in [5.41, 5.74) is 20.2. The lowest BCUT2D eigenvalue weighted by Gasteiger charge is -2.42. The van der Waals surface area contributed by atoms with Crippen molar-refractivity contribution in [2.24, 2.45) is 17.4 Å². The Labute approximate surface area is 154 Å². The van der Waals surface area contributed by atoms with E-state index in [1.54, 1.807) is 6.20 Å². The Morgan fingerprint density at radius 3 is 2.77 bits per heavy atom. The second kappa shape index (κ2) is 6.45. The molecule has 1 aromatic heterocycles. The molecule has 2 aromatic rings. The Morgan fingerprint density at radius 1 is 1.23 bits per heavy atom. The van der Waals surface area contributed by atoms with E-state index in [1.165, 1.54) is 11.1 Å². The van der Waals surface area contributed by atoms with E-state index in [1.807, 2.05) is 10.9 Å². The van der Waals surface area contributed by atoms with Crippen LogP contribution in [0.4, 0.5) is 5.69 Å². The average Bonchev–Trinajstić information content (AvgIpc) is 3.07. The highest BCUT2D eigenvalue weighted by Crippen LogP contribution is 2.35. The van der Waals surface area contributed by atoms with Crippen molar-refractivity contribution in [1.82, 2.24) is 9.66 Å². The smallest absolute Gasteiger partial charge is 0.174 e. The fourth-order valence-corrected chi connectivity index (χ4v) is 4.05. The second-order valence-corrected chi connectivity index (χ2v) is 7.78. The van der Waals surface area contributed by atoms with E-state index in [4.69, 9.17) is 11.5 Å². The summed E-state index contributed by atoms with van der Waals surface area (Å²) in [7, 11) is 0. The van der Waals surface area contributed by atoms with Gasteiger partial charge in [-0.15, -0.1) is 0 Å². The molecule has 0 spiro atoms. The number of nitrogens with zero attached hydrogens (tertiary/aromatic N) is 2. The summed E-state index contributed by atoms with van der Waals surface area (Å²) in [5, 5.41) is 3.57. The number of fused-ring (bicyclic) bond motifs is 1. The summed E-state index contributed by atoms with van der Waals surface area (Å²) in [5.74, 6) is 1.19. The van der Waals surface area contributed by atoms with Gasteiger partial charge < -0.3 is 22.2 Å². The molecule has 1 aliphatic carbocycles. The van der Waals surface area contributed by atoms with Gasteiger partial charge in [-0.2, -0.15) is 0 Å². The van der Waals surface area contributed by atoms with Gasteiger partial charge in [0, 0.05) is 30.0 Å². The minimum Gasteiger partial charge on any atom is -0.352 e. The molecule has 6 N–H and O–H groups in total. The van der Waals surface area contributed by atoms with E-state index in [-0.39, 0.29) is 0 Å². The van der Waals surface area contributed by atoms with Crippen molar-refractivity contribution in [2.75, 3.05) is 10.7 Å². The zero-order valence-electron chi connectivity index (χ0n) is 15.5. The molecule has 1 atom stereocenters. The van der Waals surface area contributed by atoms with Crippen molar-refractivity contribution in [2.45, 2.75) is 51.2 Å². The van der Waals surface area contributed by atoms with Gasteiger partial charge in [0.1, 0.15) is 5.66 Å². The van der Waals surface area contributed by atoms with Crippen molar-refractivity contribution >= 4 is 11.4 Å². The third-order valence-corrected chi connectivity index (χ3v) is 5.69. The van der Waals surface area contributed by atoms with Gasteiger partial charge in [-0.05, 0) is 62.8 Å². The highest BCUT2D eigenvalue weighted by molar-refractivity contribution is 5.77. The maximum Gasteiger partial charge on any atom is 0.174 e. The molecule has 1 aliphatic heterocycles. The maximum absolute atomic E-state index is 6.85. The van der Waals surface area contributed by atoms with Crippen LogP contribution in [-0.2, 0) is 0 Å². The molecule has 6 heteroatoms. The minimum absolute atomic E-state index is 0.304. The number of aromatic nitrogens is 2. The monoisotopic (exact) mass is 352 g/mol. The van der Waals surface area contributed by atoms with E-state index in [2.05, 4.69) is 53.8 Å². The lowest BCUT2D eigenvalue weighted by atomic mass is 9.78. The normalized spacial score (nSPS) is 28.1. The summed E-state index contributed by atoms with van der Waals surface area (Å²) in [4.78, 5) is 4.50. The molecule has 0 radical (unpaired) electrons. The van der Waals surface area contributed by atoms with Crippen molar-refractivity contribution < 1.29 is 0 Å². The Hall–Kier alpha value is -2.31. The summed E-state index contributed by atoms with van der Waals surface area (Å²) < 4.78 is 1.93. The Bertz CT molecular complexity index is 831. The highest BCUT2D eigenvalue weighted by atomic mass is 15.5. The summed E-state index contributed by atoms with van der Waals surface area (Å²) in [6.45, 7) is 4.20.